The van der Waals surface area contributed by atoms with Crippen molar-refractivity contribution in [2.75, 3.05) is 13.6 Å². The quantitative estimate of drug-likeness (QED) is 0.802. The molecule has 0 radical (unpaired) electrons. The molecule has 0 saturated heterocycles. The minimum absolute atomic E-state index is 0.164. The molecule has 1 aromatic carbocycles. The SMILES string of the molecule is CNCCCCc1cc(F)cc(Br)c1. The first-order chi connectivity index (χ1) is 6.72. The lowest BCUT2D eigenvalue weighted by molar-refractivity contribution is 0.621. The van der Waals surface area contributed by atoms with E-state index < -0.39 is 0 Å². The van der Waals surface area contributed by atoms with E-state index in [0.717, 1.165) is 35.8 Å². The Hall–Kier alpha value is -0.410. The van der Waals surface area contributed by atoms with Crippen LogP contribution in [-0.2, 0) is 6.42 Å². The van der Waals surface area contributed by atoms with Crippen molar-refractivity contribution >= 4 is 15.9 Å². The summed E-state index contributed by atoms with van der Waals surface area (Å²) >= 11 is 3.28. The van der Waals surface area contributed by atoms with Crippen LogP contribution in [0.2, 0.25) is 0 Å². The van der Waals surface area contributed by atoms with Crippen LogP contribution in [-0.4, -0.2) is 13.6 Å². The molecule has 0 aliphatic heterocycles. The highest BCUT2D eigenvalue weighted by Crippen LogP contribution is 2.16. The molecule has 1 N–H and O–H groups in total. The molecule has 0 unspecified atom stereocenters. The molecule has 14 heavy (non-hydrogen) atoms. The van der Waals surface area contributed by atoms with Crippen molar-refractivity contribution in [3.8, 4) is 0 Å². The van der Waals surface area contributed by atoms with Gasteiger partial charge in [0.1, 0.15) is 5.82 Å². The average molecular weight is 260 g/mol. The van der Waals surface area contributed by atoms with Crippen molar-refractivity contribution in [1.29, 1.82) is 0 Å². The van der Waals surface area contributed by atoms with Gasteiger partial charge in [0.2, 0.25) is 0 Å². The molecule has 1 rings (SSSR count). The second-order valence-corrected chi connectivity index (χ2v) is 4.25. The fourth-order valence-corrected chi connectivity index (χ4v) is 1.90. The van der Waals surface area contributed by atoms with Gasteiger partial charge < -0.3 is 5.32 Å². The van der Waals surface area contributed by atoms with E-state index in [1.54, 1.807) is 6.07 Å². The van der Waals surface area contributed by atoms with Gasteiger partial charge in [0.25, 0.3) is 0 Å². The number of hydrogen-bond acceptors (Lipinski definition) is 1. The molecule has 0 saturated carbocycles. The molecule has 1 nitrogen and oxygen atoms in total. The molecule has 0 aliphatic rings. The van der Waals surface area contributed by atoms with Crippen LogP contribution >= 0.6 is 15.9 Å². The Kier molecular flexibility index (Phi) is 5.12. The number of rotatable bonds is 5. The zero-order valence-electron chi connectivity index (χ0n) is 8.32. The summed E-state index contributed by atoms with van der Waals surface area (Å²) in [6, 6.07) is 5.06. The van der Waals surface area contributed by atoms with Gasteiger partial charge in [0.05, 0.1) is 0 Å². The number of unbranched alkanes of at least 4 members (excludes halogenated alkanes) is 1. The average Bonchev–Trinajstić information content (AvgIpc) is 2.11. The molecule has 0 heterocycles. The van der Waals surface area contributed by atoms with Gasteiger partial charge in [0.15, 0.2) is 0 Å². The lowest BCUT2D eigenvalue weighted by Gasteiger charge is -2.02. The van der Waals surface area contributed by atoms with Crippen molar-refractivity contribution in [2.45, 2.75) is 19.3 Å². The Morgan fingerprint density at radius 1 is 1.29 bits per heavy atom. The zero-order chi connectivity index (χ0) is 10.4. The zero-order valence-corrected chi connectivity index (χ0v) is 9.90. The summed E-state index contributed by atoms with van der Waals surface area (Å²) in [7, 11) is 1.94. The first-order valence-corrected chi connectivity index (χ1v) is 5.61. The first-order valence-electron chi connectivity index (χ1n) is 4.82. The summed E-state index contributed by atoms with van der Waals surface area (Å²) < 4.78 is 13.8. The molecule has 78 valence electrons. The van der Waals surface area contributed by atoms with Gasteiger partial charge in [-0.3, -0.25) is 0 Å². The molecule has 0 fully saturated rings. The minimum atomic E-state index is -0.164. The maximum absolute atomic E-state index is 13.0. The second kappa shape index (κ2) is 6.14. The van der Waals surface area contributed by atoms with Gasteiger partial charge in [-0.05, 0) is 56.6 Å². The largest absolute Gasteiger partial charge is 0.320 e. The molecule has 0 spiro atoms. The number of aryl methyl sites for hydroxylation is 1. The molecular formula is C11H15BrFN. The summed E-state index contributed by atoms with van der Waals surface area (Å²) in [5, 5.41) is 3.09. The smallest absolute Gasteiger partial charge is 0.124 e. The van der Waals surface area contributed by atoms with E-state index in [1.807, 2.05) is 13.1 Å². The van der Waals surface area contributed by atoms with Crippen LogP contribution in [0.15, 0.2) is 22.7 Å². The highest BCUT2D eigenvalue weighted by Gasteiger charge is 1.98. The third-order valence-corrected chi connectivity index (χ3v) is 2.52. The second-order valence-electron chi connectivity index (χ2n) is 3.34. The van der Waals surface area contributed by atoms with Gasteiger partial charge in [-0.2, -0.15) is 0 Å². The molecule has 0 atom stereocenters. The molecule has 3 heteroatoms. The maximum Gasteiger partial charge on any atom is 0.124 e. The summed E-state index contributed by atoms with van der Waals surface area (Å²) in [5.74, 6) is -0.164. The third-order valence-electron chi connectivity index (χ3n) is 2.06. The first kappa shape index (κ1) is 11.7. The Bertz CT molecular complexity index is 268. The normalized spacial score (nSPS) is 10.5. The van der Waals surface area contributed by atoms with Crippen LogP contribution in [0.1, 0.15) is 18.4 Å². The molecule has 0 amide bonds. The van der Waals surface area contributed by atoms with Gasteiger partial charge >= 0.3 is 0 Å². The predicted molar refractivity (Wildman–Crippen MR) is 61.0 cm³/mol. The maximum atomic E-state index is 13.0. The fraction of sp³-hybridized carbons (Fsp3) is 0.455. The van der Waals surface area contributed by atoms with Crippen molar-refractivity contribution in [3.63, 3.8) is 0 Å². The minimum Gasteiger partial charge on any atom is -0.320 e. The van der Waals surface area contributed by atoms with E-state index >= 15 is 0 Å². The fourth-order valence-electron chi connectivity index (χ4n) is 1.39. The van der Waals surface area contributed by atoms with Crippen LogP contribution in [0.5, 0.6) is 0 Å². The van der Waals surface area contributed by atoms with E-state index in [9.17, 15) is 4.39 Å². The third kappa shape index (κ3) is 4.20. The van der Waals surface area contributed by atoms with Crippen LogP contribution in [0, 0.1) is 5.82 Å². The summed E-state index contributed by atoms with van der Waals surface area (Å²) in [4.78, 5) is 0. The van der Waals surface area contributed by atoms with E-state index in [2.05, 4.69) is 21.2 Å². The molecular weight excluding hydrogens is 245 g/mol. The predicted octanol–water partition coefficient (Wildman–Crippen LogP) is 3.13. The number of halogens is 2. The monoisotopic (exact) mass is 259 g/mol. The summed E-state index contributed by atoms with van der Waals surface area (Å²) in [6.07, 6.45) is 3.17. The number of hydrogen-bond donors (Lipinski definition) is 1. The Morgan fingerprint density at radius 3 is 2.71 bits per heavy atom. The van der Waals surface area contributed by atoms with Gasteiger partial charge in [-0.25, -0.2) is 4.39 Å². The van der Waals surface area contributed by atoms with E-state index in [1.165, 1.54) is 6.07 Å². The van der Waals surface area contributed by atoms with Gasteiger partial charge in [-0.15, -0.1) is 0 Å². The number of nitrogens with one attached hydrogen (secondary N) is 1. The Morgan fingerprint density at radius 2 is 2.07 bits per heavy atom. The lowest BCUT2D eigenvalue weighted by atomic mass is 10.1. The molecule has 1 aromatic rings. The van der Waals surface area contributed by atoms with Crippen LogP contribution < -0.4 is 5.32 Å². The Labute approximate surface area is 92.8 Å². The van der Waals surface area contributed by atoms with Crippen molar-refractivity contribution in [3.05, 3.63) is 34.1 Å². The molecule has 0 aromatic heterocycles. The Balaban J connectivity index is 2.42. The summed E-state index contributed by atoms with van der Waals surface area (Å²) in [5.41, 5.74) is 1.06. The van der Waals surface area contributed by atoms with Crippen LogP contribution in [0.25, 0.3) is 0 Å². The van der Waals surface area contributed by atoms with E-state index in [-0.39, 0.29) is 5.82 Å². The van der Waals surface area contributed by atoms with Crippen LogP contribution in [0.4, 0.5) is 4.39 Å². The van der Waals surface area contributed by atoms with Gasteiger partial charge in [0, 0.05) is 4.47 Å². The molecule has 0 bridgehead atoms. The van der Waals surface area contributed by atoms with Crippen molar-refractivity contribution in [1.82, 2.24) is 5.32 Å². The topological polar surface area (TPSA) is 12.0 Å². The molecule has 0 aliphatic carbocycles. The highest BCUT2D eigenvalue weighted by atomic mass is 79.9. The van der Waals surface area contributed by atoms with Gasteiger partial charge in [-0.1, -0.05) is 15.9 Å². The van der Waals surface area contributed by atoms with E-state index in [4.69, 9.17) is 0 Å². The summed E-state index contributed by atoms with van der Waals surface area (Å²) in [6.45, 7) is 1.02. The lowest BCUT2D eigenvalue weighted by Crippen LogP contribution is -2.07. The standard InChI is InChI=1S/C11H15BrFN/c1-14-5-3-2-4-9-6-10(12)8-11(13)7-9/h6-8,14H,2-5H2,1H3. The van der Waals surface area contributed by atoms with Crippen molar-refractivity contribution in [2.24, 2.45) is 0 Å². The van der Waals surface area contributed by atoms with E-state index in [0.29, 0.717) is 0 Å². The van der Waals surface area contributed by atoms with Crippen LogP contribution in [0.3, 0.4) is 0 Å². The number of benzene rings is 1. The van der Waals surface area contributed by atoms with Crippen molar-refractivity contribution < 1.29 is 4.39 Å². The highest BCUT2D eigenvalue weighted by molar-refractivity contribution is 9.10.